The fourth-order valence-electron chi connectivity index (χ4n) is 1.30. The number of nitrogen functional groups attached to an aromatic ring is 1. The molecule has 0 aromatic heterocycles. The van der Waals surface area contributed by atoms with Crippen molar-refractivity contribution >= 4 is 5.69 Å². The summed E-state index contributed by atoms with van der Waals surface area (Å²) in [7, 11) is 0. The van der Waals surface area contributed by atoms with Crippen LogP contribution in [0.25, 0.3) is 0 Å². The molecular weight excluding hydrogens is 180 g/mol. The lowest BCUT2D eigenvalue weighted by Crippen LogP contribution is -2.26. The molecule has 0 aliphatic heterocycles. The van der Waals surface area contributed by atoms with Crippen molar-refractivity contribution in [3.05, 3.63) is 29.8 Å². The molecule has 6 N–H and O–H groups in total. The number of rotatable bonds is 4. The number of hydrogen-bond acceptors (Lipinski definition) is 4. The van der Waals surface area contributed by atoms with E-state index in [0.717, 1.165) is 0 Å². The minimum absolute atomic E-state index is 0.135. The Labute approximate surface area is 83.2 Å². The van der Waals surface area contributed by atoms with Crippen molar-refractivity contribution in [2.24, 2.45) is 5.73 Å². The Balaban J connectivity index is 2.69. The van der Waals surface area contributed by atoms with E-state index in [0.29, 0.717) is 17.7 Å². The summed E-state index contributed by atoms with van der Waals surface area (Å²) in [5.41, 5.74) is 12.4. The average Bonchev–Trinajstić information content (AvgIpc) is 2.18. The Hall–Kier alpha value is -1.10. The minimum atomic E-state index is -0.710. The molecule has 0 radical (unpaired) electrons. The van der Waals surface area contributed by atoms with Crippen molar-refractivity contribution in [1.29, 1.82) is 0 Å². The molecule has 14 heavy (non-hydrogen) atoms. The number of nitrogens with two attached hydrogens (primary N) is 2. The SMILES string of the molecule is Nc1ccccc1[C@@H](O)C[C@H](N)CO. The van der Waals surface area contributed by atoms with E-state index >= 15 is 0 Å². The van der Waals surface area contributed by atoms with E-state index < -0.39 is 12.1 Å². The highest BCUT2D eigenvalue weighted by atomic mass is 16.3. The quantitative estimate of drug-likeness (QED) is 0.510. The van der Waals surface area contributed by atoms with Crippen molar-refractivity contribution in [1.82, 2.24) is 0 Å². The maximum Gasteiger partial charge on any atom is 0.0825 e. The van der Waals surface area contributed by atoms with Gasteiger partial charge < -0.3 is 21.7 Å². The van der Waals surface area contributed by atoms with Crippen LogP contribution in [-0.4, -0.2) is 22.9 Å². The normalized spacial score (nSPS) is 15.1. The van der Waals surface area contributed by atoms with Gasteiger partial charge in [0, 0.05) is 17.3 Å². The van der Waals surface area contributed by atoms with E-state index in [2.05, 4.69) is 0 Å². The van der Waals surface area contributed by atoms with Crippen LogP contribution in [0.15, 0.2) is 24.3 Å². The Kier molecular flexibility index (Phi) is 3.88. The smallest absolute Gasteiger partial charge is 0.0825 e. The summed E-state index contributed by atoms with van der Waals surface area (Å²) in [4.78, 5) is 0. The topological polar surface area (TPSA) is 92.5 Å². The van der Waals surface area contributed by atoms with E-state index in [1.54, 1.807) is 24.3 Å². The van der Waals surface area contributed by atoms with Gasteiger partial charge in [-0.05, 0) is 12.5 Å². The molecule has 0 spiro atoms. The first-order valence-corrected chi connectivity index (χ1v) is 4.54. The molecular formula is C10H16N2O2. The third-order valence-corrected chi connectivity index (χ3v) is 2.12. The Morgan fingerprint density at radius 2 is 1.93 bits per heavy atom. The zero-order valence-electron chi connectivity index (χ0n) is 7.93. The molecule has 4 heteroatoms. The van der Waals surface area contributed by atoms with Gasteiger partial charge in [-0.2, -0.15) is 0 Å². The van der Waals surface area contributed by atoms with Gasteiger partial charge in [0.05, 0.1) is 12.7 Å². The van der Waals surface area contributed by atoms with Gasteiger partial charge >= 0.3 is 0 Å². The van der Waals surface area contributed by atoms with Crippen LogP contribution in [-0.2, 0) is 0 Å². The monoisotopic (exact) mass is 196 g/mol. The molecule has 1 aromatic rings. The third-order valence-electron chi connectivity index (χ3n) is 2.12. The summed E-state index contributed by atoms with van der Waals surface area (Å²) in [6.45, 7) is -0.135. The Morgan fingerprint density at radius 1 is 1.29 bits per heavy atom. The largest absolute Gasteiger partial charge is 0.398 e. The second-order valence-corrected chi connectivity index (χ2v) is 3.32. The van der Waals surface area contributed by atoms with Crippen LogP contribution in [0.3, 0.4) is 0 Å². The number of benzene rings is 1. The molecule has 1 aromatic carbocycles. The first-order chi connectivity index (χ1) is 6.65. The molecule has 1 rings (SSSR count). The van der Waals surface area contributed by atoms with Crippen molar-refractivity contribution in [3.63, 3.8) is 0 Å². The molecule has 0 aliphatic rings. The highest BCUT2D eigenvalue weighted by molar-refractivity contribution is 5.47. The van der Waals surface area contributed by atoms with Crippen LogP contribution in [0.4, 0.5) is 5.69 Å². The fourth-order valence-corrected chi connectivity index (χ4v) is 1.30. The standard InChI is InChI=1S/C10H16N2O2/c11-7(6-13)5-10(14)8-3-1-2-4-9(8)12/h1-4,7,10,13-14H,5-6,11-12H2/t7-,10-/m0/s1. The van der Waals surface area contributed by atoms with Crippen LogP contribution >= 0.6 is 0 Å². The highest BCUT2D eigenvalue weighted by Crippen LogP contribution is 2.23. The van der Waals surface area contributed by atoms with Crippen molar-refractivity contribution in [2.45, 2.75) is 18.6 Å². The Morgan fingerprint density at radius 3 is 2.50 bits per heavy atom. The van der Waals surface area contributed by atoms with Crippen LogP contribution in [0.5, 0.6) is 0 Å². The molecule has 0 saturated carbocycles. The summed E-state index contributed by atoms with van der Waals surface area (Å²) in [5, 5.41) is 18.5. The van der Waals surface area contributed by atoms with Gasteiger partial charge in [0.2, 0.25) is 0 Å². The molecule has 4 nitrogen and oxygen atoms in total. The van der Waals surface area contributed by atoms with Crippen molar-refractivity contribution in [2.75, 3.05) is 12.3 Å². The van der Waals surface area contributed by atoms with E-state index in [-0.39, 0.29) is 6.61 Å². The van der Waals surface area contributed by atoms with Crippen LogP contribution in [0.2, 0.25) is 0 Å². The lowest BCUT2D eigenvalue weighted by atomic mass is 10.0. The van der Waals surface area contributed by atoms with Crippen LogP contribution in [0.1, 0.15) is 18.1 Å². The molecule has 0 heterocycles. The first kappa shape index (κ1) is 11.0. The molecule has 0 fully saturated rings. The minimum Gasteiger partial charge on any atom is -0.398 e. The van der Waals surface area contributed by atoms with Crippen LogP contribution < -0.4 is 11.5 Å². The van der Waals surface area contributed by atoms with E-state index in [1.807, 2.05) is 0 Å². The summed E-state index contributed by atoms with van der Waals surface area (Å²) in [6.07, 6.45) is -0.400. The van der Waals surface area contributed by atoms with Gasteiger partial charge in [-0.3, -0.25) is 0 Å². The maximum absolute atomic E-state index is 9.73. The zero-order chi connectivity index (χ0) is 10.6. The van der Waals surface area contributed by atoms with Crippen molar-refractivity contribution in [3.8, 4) is 0 Å². The van der Waals surface area contributed by atoms with Gasteiger partial charge in [0.25, 0.3) is 0 Å². The lowest BCUT2D eigenvalue weighted by Gasteiger charge is -2.16. The highest BCUT2D eigenvalue weighted by Gasteiger charge is 2.13. The molecule has 0 saturated heterocycles. The van der Waals surface area contributed by atoms with Gasteiger partial charge in [0.1, 0.15) is 0 Å². The van der Waals surface area contributed by atoms with Crippen LogP contribution in [0, 0.1) is 0 Å². The second-order valence-electron chi connectivity index (χ2n) is 3.32. The van der Waals surface area contributed by atoms with Gasteiger partial charge in [-0.1, -0.05) is 18.2 Å². The second kappa shape index (κ2) is 4.95. The van der Waals surface area contributed by atoms with Gasteiger partial charge in [0.15, 0.2) is 0 Å². The number of para-hydroxylation sites is 1. The molecule has 2 atom stereocenters. The third kappa shape index (κ3) is 2.70. The Bertz CT molecular complexity index is 291. The predicted molar refractivity (Wildman–Crippen MR) is 55.5 cm³/mol. The van der Waals surface area contributed by atoms with E-state index in [1.165, 1.54) is 0 Å². The summed E-state index contributed by atoms with van der Waals surface area (Å²) in [5.74, 6) is 0. The molecule has 0 bridgehead atoms. The van der Waals surface area contributed by atoms with Crippen molar-refractivity contribution < 1.29 is 10.2 Å². The van der Waals surface area contributed by atoms with E-state index in [9.17, 15) is 5.11 Å². The predicted octanol–water partition coefficient (Wildman–Crippen LogP) is 0.0119. The molecule has 0 amide bonds. The fraction of sp³-hybridized carbons (Fsp3) is 0.400. The molecule has 78 valence electrons. The summed E-state index contributed by atoms with van der Waals surface area (Å²) < 4.78 is 0. The zero-order valence-corrected chi connectivity index (χ0v) is 7.93. The number of aliphatic hydroxyl groups excluding tert-OH is 2. The van der Waals surface area contributed by atoms with E-state index in [4.69, 9.17) is 16.6 Å². The van der Waals surface area contributed by atoms with Gasteiger partial charge in [-0.25, -0.2) is 0 Å². The molecule has 0 unspecified atom stereocenters. The van der Waals surface area contributed by atoms with Gasteiger partial charge in [-0.15, -0.1) is 0 Å². The number of anilines is 1. The summed E-state index contributed by atoms with van der Waals surface area (Å²) in [6, 6.07) is 6.67. The number of aliphatic hydroxyl groups is 2. The average molecular weight is 196 g/mol. The summed E-state index contributed by atoms with van der Waals surface area (Å²) >= 11 is 0. The number of hydrogen-bond donors (Lipinski definition) is 4. The molecule has 0 aliphatic carbocycles. The maximum atomic E-state index is 9.73. The first-order valence-electron chi connectivity index (χ1n) is 4.54. The lowest BCUT2D eigenvalue weighted by molar-refractivity contribution is 0.141.